The summed E-state index contributed by atoms with van der Waals surface area (Å²) in [5, 5.41) is 14.5. The number of rotatable bonds is 5. The zero-order valence-electron chi connectivity index (χ0n) is 10.2. The first kappa shape index (κ1) is 14.5. The van der Waals surface area contributed by atoms with Gasteiger partial charge < -0.3 is 15.7 Å². The van der Waals surface area contributed by atoms with Crippen molar-refractivity contribution in [1.82, 2.24) is 5.32 Å². The first-order valence-corrected chi connectivity index (χ1v) is 5.84. The van der Waals surface area contributed by atoms with Gasteiger partial charge in [0.15, 0.2) is 0 Å². The number of hydrogen-bond acceptors (Lipinski definition) is 3. The topological polar surface area (TPSA) is 78.4 Å². The number of carboxylic acid groups (broad SMARTS) is 1. The van der Waals surface area contributed by atoms with Crippen molar-refractivity contribution in [3.05, 3.63) is 28.8 Å². The minimum absolute atomic E-state index is 0.0818. The molecule has 0 aliphatic rings. The summed E-state index contributed by atoms with van der Waals surface area (Å²) in [5.41, 5.74) is 0.482. The molecule has 0 aliphatic heterocycles. The van der Waals surface area contributed by atoms with E-state index in [0.717, 1.165) is 0 Å². The molecule has 0 atom stereocenters. The van der Waals surface area contributed by atoms with Gasteiger partial charge >= 0.3 is 5.97 Å². The third kappa shape index (κ3) is 4.35. The molecular weight excluding hydrogens is 256 g/mol. The van der Waals surface area contributed by atoms with Gasteiger partial charge in [-0.3, -0.25) is 4.79 Å². The number of amides is 1. The Kier molecular flexibility index (Phi) is 5.12. The van der Waals surface area contributed by atoms with E-state index in [-0.39, 0.29) is 29.1 Å². The van der Waals surface area contributed by atoms with Gasteiger partial charge in [0, 0.05) is 6.04 Å². The number of carbonyl (C=O) groups excluding carboxylic acids is 1. The molecule has 1 aromatic rings. The maximum Gasteiger partial charge on any atom is 0.335 e. The van der Waals surface area contributed by atoms with Gasteiger partial charge in [-0.25, -0.2) is 4.79 Å². The van der Waals surface area contributed by atoms with E-state index in [1.807, 2.05) is 13.8 Å². The molecule has 0 unspecified atom stereocenters. The van der Waals surface area contributed by atoms with Crippen molar-refractivity contribution in [2.45, 2.75) is 19.9 Å². The van der Waals surface area contributed by atoms with E-state index in [9.17, 15) is 9.59 Å². The fourth-order valence-electron chi connectivity index (χ4n) is 1.24. The van der Waals surface area contributed by atoms with Crippen molar-refractivity contribution in [2.75, 3.05) is 11.9 Å². The number of aromatic carboxylic acids is 1. The molecule has 1 amide bonds. The summed E-state index contributed by atoms with van der Waals surface area (Å²) in [6.07, 6.45) is 0. The molecule has 0 saturated heterocycles. The normalized spacial score (nSPS) is 10.4. The molecule has 0 fully saturated rings. The zero-order valence-corrected chi connectivity index (χ0v) is 10.9. The molecule has 1 aromatic carbocycles. The Hall–Kier alpha value is -1.59. The molecular formula is C12H15ClN2O3. The molecule has 0 aromatic heterocycles. The molecule has 5 nitrogen and oxygen atoms in total. The number of halogens is 1. The van der Waals surface area contributed by atoms with Gasteiger partial charge in [0.2, 0.25) is 5.91 Å². The van der Waals surface area contributed by atoms with Gasteiger partial charge in [-0.15, -0.1) is 0 Å². The highest BCUT2D eigenvalue weighted by atomic mass is 35.5. The first-order valence-electron chi connectivity index (χ1n) is 5.46. The van der Waals surface area contributed by atoms with Crippen molar-refractivity contribution in [2.24, 2.45) is 0 Å². The minimum atomic E-state index is -1.06. The Morgan fingerprint density at radius 1 is 1.39 bits per heavy atom. The molecule has 0 saturated carbocycles. The number of carboxylic acids is 1. The molecule has 98 valence electrons. The van der Waals surface area contributed by atoms with Crippen LogP contribution in [0.15, 0.2) is 18.2 Å². The maximum absolute atomic E-state index is 11.5. The summed E-state index contributed by atoms with van der Waals surface area (Å²) in [7, 11) is 0. The summed E-state index contributed by atoms with van der Waals surface area (Å²) in [5.74, 6) is -1.29. The molecule has 0 radical (unpaired) electrons. The second kappa shape index (κ2) is 6.37. The van der Waals surface area contributed by atoms with E-state index in [4.69, 9.17) is 16.7 Å². The summed E-state index contributed by atoms with van der Waals surface area (Å²) >= 11 is 5.88. The Morgan fingerprint density at radius 3 is 2.56 bits per heavy atom. The highest BCUT2D eigenvalue weighted by molar-refractivity contribution is 6.34. The fraction of sp³-hybridized carbons (Fsp3) is 0.333. The summed E-state index contributed by atoms with van der Waals surface area (Å²) in [4.78, 5) is 22.2. The monoisotopic (exact) mass is 270 g/mol. The smallest absolute Gasteiger partial charge is 0.335 e. The lowest BCUT2D eigenvalue weighted by Gasteiger charge is -2.10. The van der Waals surface area contributed by atoms with Crippen molar-refractivity contribution < 1.29 is 14.7 Å². The quantitative estimate of drug-likeness (QED) is 0.764. The van der Waals surface area contributed by atoms with Crippen LogP contribution in [-0.4, -0.2) is 29.6 Å². The first-order chi connectivity index (χ1) is 8.40. The summed E-state index contributed by atoms with van der Waals surface area (Å²) < 4.78 is 0. The van der Waals surface area contributed by atoms with Crippen LogP contribution in [0.25, 0.3) is 0 Å². The van der Waals surface area contributed by atoms with Gasteiger partial charge in [0.05, 0.1) is 22.8 Å². The molecule has 0 bridgehead atoms. The molecule has 0 aliphatic carbocycles. The summed E-state index contributed by atoms with van der Waals surface area (Å²) in [6.45, 7) is 4.04. The standard InChI is InChI=1S/C12H15ClN2O3/c1-7(2)14-6-11(16)15-10-4-3-8(12(17)18)5-9(10)13/h3-5,7,14H,6H2,1-2H3,(H,15,16)(H,17,18). The average molecular weight is 271 g/mol. The van der Waals surface area contributed by atoms with Crippen LogP contribution in [0, 0.1) is 0 Å². The lowest BCUT2D eigenvalue weighted by molar-refractivity contribution is -0.115. The minimum Gasteiger partial charge on any atom is -0.478 e. The van der Waals surface area contributed by atoms with Gasteiger partial charge in [-0.05, 0) is 18.2 Å². The van der Waals surface area contributed by atoms with Crippen LogP contribution in [0.3, 0.4) is 0 Å². The molecule has 3 N–H and O–H groups in total. The van der Waals surface area contributed by atoms with Crippen LogP contribution in [0.2, 0.25) is 5.02 Å². The predicted molar refractivity (Wildman–Crippen MR) is 70.2 cm³/mol. The Bertz CT molecular complexity index is 461. The lowest BCUT2D eigenvalue weighted by atomic mass is 10.2. The second-order valence-electron chi connectivity index (χ2n) is 4.08. The number of hydrogen-bond donors (Lipinski definition) is 3. The third-order valence-electron chi connectivity index (χ3n) is 2.16. The zero-order chi connectivity index (χ0) is 13.7. The van der Waals surface area contributed by atoms with E-state index < -0.39 is 5.97 Å². The number of nitrogens with one attached hydrogen (secondary N) is 2. The number of benzene rings is 1. The highest BCUT2D eigenvalue weighted by Crippen LogP contribution is 2.22. The molecule has 0 spiro atoms. The van der Waals surface area contributed by atoms with E-state index in [1.165, 1.54) is 18.2 Å². The second-order valence-corrected chi connectivity index (χ2v) is 4.49. The molecule has 0 heterocycles. The van der Waals surface area contributed by atoms with Gasteiger partial charge in [0.25, 0.3) is 0 Å². The van der Waals surface area contributed by atoms with Crippen LogP contribution in [0.4, 0.5) is 5.69 Å². The van der Waals surface area contributed by atoms with Gasteiger partial charge in [-0.2, -0.15) is 0 Å². The largest absolute Gasteiger partial charge is 0.478 e. The van der Waals surface area contributed by atoms with E-state index in [1.54, 1.807) is 0 Å². The van der Waals surface area contributed by atoms with Crippen LogP contribution in [-0.2, 0) is 4.79 Å². The fourth-order valence-corrected chi connectivity index (χ4v) is 1.47. The predicted octanol–water partition coefficient (Wildman–Crippen LogP) is 1.97. The Morgan fingerprint density at radius 2 is 2.06 bits per heavy atom. The highest BCUT2D eigenvalue weighted by Gasteiger charge is 2.09. The van der Waals surface area contributed by atoms with Crippen LogP contribution < -0.4 is 10.6 Å². The van der Waals surface area contributed by atoms with Crippen LogP contribution in [0.1, 0.15) is 24.2 Å². The Labute approximate surface area is 110 Å². The number of carbonyl (C=O) groups is 2. The van der Waals surface area contributed by atoms with Crippen molar-refractivity contribution in [3.63, 3.8) is 0 Å². The third-order valence-corrected chi connectivity index (χ3v) is 2.47. The SMILES string of the molecule is CC(C)NCC(=O)Nc1ccc(C(=O)O)cc1Cl. The van der Waals surface area contributed by atoms with E-state index in [0.29, 0.717) is 5.69 Å². The van der Waals surface area contributed by atoms with Crippen molar-refractivity contribution in [3.8, 4) is 0 Å². The maximum atomic E-state index is 11.5. The lowest BCUT2D eigenvalue weighted by Crippen LogP contribution is -2.32. The van der Waals surface area contributed by atoms with Gasteiger partial charge in [0.1, 0.15) is 0 Å². The molecule has 18 heavy (non-hydrogen) atoms. The van der Waals surface area contributed by atoms with Crippen molar-refractivity contribution in [1.29, 1.82) is 0 Å². The Balaban J connectivity index is 2.68. The molecule has 1 rings (SSSR count). The van der Waals surface area contributed by atoms with Crippen LogP contribution in [0.5, 0.6) is 0 Å². The summed E-state index contributed by atoms with van der Waals surface area (Å²) in [6, 6.07) is 4.37. The van der Waals surface area contributed by atoms with Crippen LogP contribution >= 0.6 is 11.6 Å². The van der Waals surface area contributed by atoms with E-state index in [2.05, 4.69) is 10.6 Å². The number of anilines is 1. The average Bonchev–Trinajstić information content (AvgIpc) is 2.29. The van der Waals surface area contributed by atoms with Crippen molar-refractivity contribution >= 4 is 29.2 Å². The molecule has 6 heteroatoms. The van der Waals surface area contributed by atoms with E-state index >= 15 is 0 Å². The van der Waals surface area contributed by atoms with Gasteiger partial charge in [-0.1, -0.05) is 25.4 Å².